The molecule has 2 heterocycles. The number of carbonyl (C=O) groups is 1. The Morgan fingerprint density at radius 3 is 2.67 bits per heavy atom. The molecule has 3 rings (SSSR count). The third-order valence-electron chi connectivity index (χ3n) is 3.00. The van der Waals surface area contributed by atoms with Gasteiger partial charge in [0.1, 0.15) is 0 Å². The number of benzene rings is 1. The predicted octanol–water partition coefficient (Wildman–Crippen LogP) is 3.16. The van der Waals surface area contributed by atoms with Crippen LogP contribution in [0.3, 0.4) is 0 Å². The van der Waals surface area contributed by atoms with E-state index in [1.165, 1.54) is 6.08 Å². The average molecular weight is 275 g/mol. The van der Waals surface area contributed by atoms with E-state index < -0.39 is 0 Å². The second-order valence-electron chi connectivity index (χ2n) is 4.49. The zero-order chi connectivity index (χ0) is 14.5. The highest BCUT2D eigenvalue weighted by atomic mass is 16.1. The molecule has 0 unspecified atom stereocenters. The SMILES string of the molecule is O=C(/C=C/c1cccnc1)c1cnn(-c2ccccc2)c1. The number of hydrogen-bond acceptors (Lipinski definition) is 3. The second kappa shape index (κ2) is 5.96. The van der Waals surface area contributed by atoms with Crippen molar-refractivity contribution in [1.82, 2.24) is 14.8 Å². The number of nitrogens with zero attached hydrogens (tertiary/aromatic N) is 3. The van der Waals surface area contributed by atoms with E-state index >= 15 is 0 Å². The van der Waals surface area contributed by atoms with Crippen molar-refractivity contribution in [1.29, 1.82) is 0 Å². The number of ketones is 1. The maximum Gasteiger partial charge on any atom is 0.189 e. The fraction of sp³-hybridized carbons (Fsp3) is 0. The number of rotatable bonds is 4. The summed E-state index contributed by atoms with van der Waals surface area (Å²) >= 11 is 0. The number of para-hydroxylation sites is 1. The van der Waals surface area contributed by atoms with Crippen LogP contribution in [0.5, 0.6) is 0 Å². The number of carbonyl (C=O) groups excluding carboxylic acids is 1. The summed E-state index contributed by atoms with van der Waals surface area (Å²) < 4.78 is 1.69. The Labute approximate surface area is 122 Å². The molecule has 0 saturated heterocycles. The van der Waals surface area contributed by atoms with Gasteiger partial charge in [-0.15, -0.1) is 0 Å². The van der Waals surface area contributed by atoms with Gasteiger partial charge in [-0.05, 0) is 35.9 Å². The first-order valence-electron chi connectivity index (χ1n) is 6.55. The normalized spacial score (nSPS) is 10.9. The lowest BCUT2D eigenvalue weighted by Gasteiger charge is -1.98. The number of hydrogen-bond donors (Lipinski definition) is 0. The summed E-state index contributed by atoms with van der Waals surface area (Å²) in [5.41, 5.74) is 2.37. The molecular weight excluding hydrogens is 262 g/mol. The second-order valence-corrected chi connectivity index (χ2v) is 4.49. The lowest BCUT2D eigenvalue weighted by atomic mass is 10.2. The Morgan fingerprint density at radius 2 is 1.90 bits per heavy atom. The molecule has 0 amide bonds. The highest BCUT2D eigenvalue weighted by molar-refractivity contribution is 6.06. The first-order chi connectivity index (χ1) is 10.3. The zero-order valence-corrected chi connectivity index (χ0v) is 11.3. The van der Waals surface area contributed by atoms with Crippen molar-refractivity contribution < 1.29 is 4.79 Å². The van der Waals surface area contributed by atoms with E-state index in [0.717, 1.165) is 11.3 Å². The van der Waals surface area contributed by atoms with Crippen LogP contribution in [0.4, 0.5) is 0 Å². The molecule has 0 aliphatic rings. The molecule has 0 saturated carbocycles. The molecule has 0 N–H and O–H groups in total. The highest BCUT2D eigenvalue weighted by Crippen LogP contribution is 2.09. The van der Waals surface area contributed by atoms with Crippen molar-refractivity contribution in [3.63, 3.8) is 0 Å². The topological polar surface area (TPSA) is 47.8 Å². The minimum absolute atomic E-state index is 0.0824. The summed E-state index contributed by atoms with van der Waals surface area (Å²) in [6.07, 6.45) is 9.98. The molecule has 0 radical (unpaired) electrons. The Hall–Kier alpha value is -3.01. The van der Waals surface area contributed by atoms with Crippen LogP contribution in [-0.4, -0.2) is 20.5 Å². The van der Waals surface area contributed by atoms with Gasteiger partial charge < -0.3 is 0 Å². The zero-order valence-electron chi connectivity index (χ0n) is 11.3. The van der Waals surface area contributed by atoms with Crippen molar-refractivity contribution in [3.8, 4) is 5.69 Å². The minimum Gasteiger partial charge on any atom is -0.289 e. The molecular formula is C17H13N3O. The maximum absolute atomic E-state index is 12.1. The molecule has 102 valence electrons. The van der Waals surface area contributed by atoms with Crippen LogP contribution in [0.15, 0.2) is 73.3 Å². The molecule has 21 heavy (non-hydrogen) atoms. The average Bonchev–Trinajstić information content (AvgIpc) is 3.04. The van der Waals surface area contributed by atoms with Crippen molar-refractivity contribution in [2.24, 2.45) is 0 Å². The largest absolute Gasteiger partial charge is 0.289 e. The van der Waals surface area contributed by atoms with E-state index in [4.69, 9.17) is 0 Å². The summed E-state index contributed by atoms with van der Waals surface area (Å²) in [6.45, 7) is 0. The first kappa shape index (κ1) is 13.0. The van der Waals surface area contributed by atoms with Gasteiger partial charge in [-0.25, -0.2) is 4.68 Å². The van der Waals surface area contributed by atoms with E-state index in [1.807, 2.05) is 42.5 Å². The van der Waals surface area contributed by atoms with Gasteiger partial charge in [-0.2, -0.15) is 5.10 Å². The third kappa shape index (κ3) is 3.12. The number of aromatic nitrogens is 3. The van der Waals surface area contributed by atoms with E-state index in [-0.39, 0.29) is 5.78 Å². The number of allylic oxidation sites excluding steroid dienone is 1. The van der Waals surface area contributed by atoms with E-state index in [9.17, 15) is 4.79 Å². The summed E-state index contributed by atoms with van der Waals surface area (Å²) in [4.78, 5) is 16.1. The summed E-state index contributed by atoms with van der Waals surface area (Å²) in [7, 11) is 0. The molecule has 0 atom stereocenters. The smallest absolute Gasteiger partial charge is 0.189 e. The van der Waals surface area contributed by atoms with Crippen LogP contribution < -0.4 is 0 Å². The summed E-state index contributed by atoms with van der Waals surface area (Å²) in [5, 5.41) is 4.21. The monoisotopic (exact) mass is 275 g/mol. The summed E-state index contributed by atoms with van der Waals surface area (Å²) in [6, 6.07) is 13.4. The van der Waals surface area contributed by atoms with Gasteiger partial charge in [-0.1, -0.05) is 24.3 Å². The lowest BCUT2D eigenvalue weighted by molar-refractivity contribution is 0.104. The van der Waals surface area contributed by atoms with Gasteiger partial charge in [0.15, 0.2) is 5.78 Å². The van der Waals surface area contributed by atoms with E-state index in [2.05, 4.69) is 10.1 Å². The van der Waals surface area contributed by atoms with Gasteiger partial charge in [0.25, 0.3) is 0 Å². The number of pyridine rings is 1. The van der Waals surface area contributed by atoms with Gasteiger partial charge >= 0.3 is 0 Å². The molecule has 4 heteroatoms. The third-order valence-corrected chi connectivity index (χ3v) is 3.00. The Balaban J connectivity index is 1.77. The molecule has 0 fully saturated rings. The molecule has 1 aromatic carbocycles. The van der Waals surface area contributed by atoms with Crippen LogP contribution in [0.25, 0.3) is 11.8 Å². The Bertz CT molecular complexity index is 761. The highest BCUT2D eigenvalue weighted by Gasteiger charge is 2.06. The van der Waals surface area contributed by atoms with Crippen LogP contribution in [0.2, 0.25) is 0 Å². The van der Waals surface area contributed by atoms with Crippen molar-refractivity contribution in [2.75, 3.05) is 0 Å². The summed E-state index contributed by atoms with van der Waals surface area (Å²) in [5.74, 6) is -0.0824. The fourth-order valence-corrected chi connectivity index (χ4v) is 1.91. The molecule has 3 aromatic rings. The van der Waals surface area contributed by atoms with Crippen molar-refractivity contribution in [3.05, 3.63) is 84.5 Å². The van der Waals surface area contributed by atoms with E-state index in [1.54, 1.807) is 35.5 Å². The van der Waals surface area contributed by atoms with Crippen LogP contribution in [0.1, 0.15) is 15.9 Å². The van der Waals surface area contributed by atoms with Crippen molar-refractivity contribution >= 4 is 11.9 Å². The Kier molecular flexibility index (Phi) is 3.69. The standard InChI is InChI=1S/C17H13N3O/c21-17(9-8-14-5-4-10-18-11-14)15-12-19-20(13-15)16-6-2-1-3-7-16/h1-13H/b9-8+. The maximum atomic E-state index is 12.1. The van der Waals surface area contributed by atoms with Gasteiger partial charge in [0, 0.05) is 18.6 Å². The fourth-order valence-electron chi connectivity index (χ4n) is 1.91. The van der Waals surface area contributed by atoms with Crippen LogP contribution >= 0.6 is 0 Å². The minimum atomic E-state index is -0.0824. The van der Waals surface area contributed by atoms with Gasteiger partial charge in [0.05, 0.1) is 17.4 Å². The quantitative estimate of drug-likeness (QED) is 0.543. The van der Waals surface area contributed by atoms with Crippen LogP contribution in [0, 0.1) is 0 Å². The molecule has 2 aromatic heterocycles. The molecule has 4 nitrogen and oxygen atoms in total. The predicted molar refractivity (Wildman–Crippen MR) is 81.2 cm³/mol. The molecule has 0 aliphatic carbocycles. The van der Waals surface area contributed by atoms with E-state index in [0.29, 0.717) is 5.56 Å². The Morgan fingerprint density at radius 1 is 1.05 bits per heavy atom. The van der Waals surface area contributed by atoms with Crippen LogP contribution in [-0.2, 0) is 0 Å². The molecule has 0 spiro atoms. The lowest BCUT2D eigenvalue weighted by Crippen LogP contribution is -1.94. The first-order valence-corrected chi connectivity index (χ1v) is 6.55. The van der Waals surface area contributed by atoms with Gasteiger partial charge in [0.2, 0.25) is 0 Å². The van der Waals surface area contributed by atoms with Gasteiger partial charge in [-0.3, -0.25) is 9.78 Å². The van der Waals surface area contributed by atoms with Crippen molar-refractivity contribution in [2.45, 2.75) is 0 Å². The molecule has 0 bridgehead atoms. The molecule has 0 aliphatic heterocycles.